The van der Waals surface area contributed by atoms with E-state index in [1.54, 1.807) is 6.07 Å². The minimum absolute atomic E-state index is 0.338. The van der Waals surface area contributed by atoms with Crippen molar-refractivity contribution >= 4 is 33.5 Å². The maximum Gasteiger partial charge on any atom is 0.345 e. The van der Waals surface area contributed by atoms with E-state index in [4.69, 9.17) is 10.6 Å². The minimum atomic E-state index is -0.903. The first-order chi connectivity index (χ1) is 9.22. The average Bonchev–Trinajstić information content (AvgIpc) is 2.83. The second kappa shape index (κ2) is 6.04. The Labute approximate surface area is 113 Å². The van der Waals surface area contributed by atoms with Crippen LogP contribution >= 0.6 is 11.3 Å². The molecule has 0 spiro atoms. The topological polar surface area (TPSA) is 86.1 Å². The summed E-state index contributed by atoms with van der Waals surface area (Å²) in [6.45, 7) is 0.424. The first kappa shape index (κ1) is 13.1. The van der Waals surface area contributed by atoms with Crippen molar-refractivity contribution in [2.24, 2.45) is 5.11 Å². The molecule has 0 atom stereocenters. The Bertz CT molecular complexity index is 684. The lowest BCUT2D eigenvalue weighted by Crippen LogP contribution is -1.89. The van der Waals surface area contributed by atoms with E-state index < -0.39 is 5.97 Å². The van der Waals surface area contributed by atoms with Crippen molar-refractivity contribution in [1.29, 1.82) is 0 Å². The number of benzene rings is 1. The lowest BCUT2D eigenvalue weighted by atomic mass is 10.1. The van der Waals surface area contributed by atoms with Gasteiger partial charge in [0.15, 0.2) is 0 Å². The molecule has 0 amide bonds. The molecule has 1 aromatic heterocycles. The van der Waals surface area contributed by atoms with Gasteiger partial charge in [0.05, 0.1) is 0 Å². The second-order valence-corrected chi connectivity index (χ2v) is 4.90. The molecule has 5 nitrogen and oxygen atoms in total. The number of fused-ring (bicyclic) bond motifs is 1. The molecule has 0 bridgehead atoms. The van der Waals surface area contributed by atoms with Gasteiger partial charge in [0.1, 0.15) is 4.88 Å². The summed E-state index contributed by atoms with van der Waals surface area (Å²) in [6, 6.07) is 7.43. The zero-order valence-corrected chi connectivity index (χ0v) is 10.8. The highest BCUT2D eigenvalue weighted by Gasteiger charge is 2.09. The first-order valence-corrected chi connectivity index (χ1v) is 6.47. The van der Waals surface area contributed by atoms with Gasteiger partial charge in [-0.25, -0.2) is 4.79 Å². The lowest BCUT2D eigenvalue weighted by molar-refractivity contribution is 0.0702. The number of carboxylic acid groups (broad SMARTS) is 1. The van der Waals surface area contributed by atoms with Crippen LogP contribution in [0.3, 0.4) is 0 Å². The van der Waals surface area contributed by atoms with E-state index in [0.717, 1.165) is 15.6 Å². The standard InChI is InChI=1S/C13H11N3O2S/c14-16-15-7-2-1-4-9-5-3-6-11-10(9)8-12(19-11)13(17)18/h1,3-6,8H,2,7H2,(H,17,18). The fourth-order valence-corrected chi connectivity index (χ4v) is 2.66. The molecule has 2 rings (SSSR count). The van der Waals surface area contributed by atoms with Crippen molar-refractivity contribution in [3.8, 4) is 0 Å². The number of thiophene rings is 1. The van der Waals surface area contributed by atoms with Gasteiger partial charge < -0.3 is 5.11 Å². The van der Waals surface area contributed by atoms with Gasteiger partial charge >= 0.3 is 5.97 Å². The number of hydrogen-bond donors (Lipinski definition) is 1. The summed E-state index contributed by atoms with van der Waals surface area (Å²) in [7, 11) is 0. The molecule has 0 radical (unpaired) electrons. The molecule has 2 aromatic rings. The number of hydrogen-bond acceptors (Lipinski definition) is 3. The van der Waals surface area contributed by atoms with Crippen LogP contribution in [0.25, 0.3) is 26.6 Å². The predicted octanol–water partition coefficient (Wildman–Crippen LogP) is 4.31. The molecule has 0 aliphatic carbocycles. The molecule has 0 aliphatic rings. The molecule has 19 heavy (non-hydrogen) atoms. The van der Waals surface area contributed by atoms with Crippen molar-refractivity contribution < 1.29 is 9.90 Å². The summed E-state index contributed by atoms with van der Waals surface area (Å²) in [5, 5.41) is 13.4. The molecule has 1 aromatic carbocycles. The van der Waals surface area contributed by atoms with Gasteiger partial charge in [-0.15, -0.1) is 11.3 Å². The molecular weight excluding hydrogens is 262 g/mol. The van der Waals surface area contributed by atoms with Crippen LogP contribution in [0.1, 0.15) is 21.7 Å². The normalized spacial score (nSPS) is 10.7. The monoisotopic (exact) mass is 273 g/mol. The Morgan fingerprint density at radius 2 is 2.37 bits per heavy atom. The number of aromatic carboxylic acids is 1. The maximum absolute atomic E-state index is 11.0. The highest BCUT2D eigenvalue weighted by atomic mass is 32.1. The lowest BCUT2D eigenvalue weighted by Gasteiger charge is -1.95. The number of azide groups is 1. The van der Waals surface area contributed by atoms with E-state index in [1.165, 1.54) is 11.3 Å². The van der Waals surface area contributed by atoms with Crippen LogP contribution in [0, 0.1) is 0 Å². The zero-order valence-electron chi connectivity index (χ0n) is 9.98. The summed E-state index contributed by atoms with van der Waals surface area (Å²) in [4.78, 5) is 14.0. The highest BCUT2D eigenvalue weighted by Crippen LogP contribution is 2.29. The molecule has 6 heteroatoms. The summed E-state index contributed by atoms with van der Waals surface area (Å²) in [6.07, 6.45) is 4.51. The van der Waals surface area contributed by atoms with Gasteiger partial charge in [-0.05, 0) is 29.6 Å². The molecule has 1 heterocycles. The SMILES string of the molecule is [N-]=[N+]=NCCC=Cc1cccc2sc(C(=O)O)cc12. The molecule has 0 fully saturated rings. The van der Waals surface area contributed by atoms with Gasteiger partial charge in [-0.3, -0.25) is 0 Å². The fraction of sp³-hybridized carbons (Fsp3) is 0.154. The van der Waals surface area contributed by atoms with E-state index in [9.17, 15) is 4.79 Å². The van der Waals surface area contributed by atoms with Crippen molar-refractivity contribution in [2.75, 3.05) is 6.54 Å². The summed E-state index contributed by atoms with van der Waals surface area (Å²) in [5.41, 5.74) is 9.13. The zero-order chi connectivity index (χ0) is 13.7. The molecule has 0 saturated heterocycles. The Morgan fingerprint density at radius 3 is 3.11 bits per heavy atom. The van der Waals surface area contributed by atoms with Crippen LogP contribution in [0.2, 0.25) is 0 Å². The fourth-order valence-electron chi connectivity index (χ4n) is 1.72. The smallest absolute Gasteiger partial charge is 0.345 e. The maximum atomic E-state index is 11.0. The third-order valence-electron chi connectivity index (χ3n) is 2.56. The van der Waals surface area contributed by atoms with Crippen molar-refractivity contribution in [1.82, 2.24) is 0 Å². The third kappa shape index (κ3) is 3.13. The van der Waals surface area contributed by atoms with Crippen LogP contribution in [0.5, 0.6) is 0 Å². The quantitative estimate of drug-likeness (QED) is 0.381. The van der Waals surface area contributed by atoms with Crippen LogP contribution in [0.15, 0.2) is 35.5 Å². The van der Waals surface area contributed by atoms with Crippen molar-refractivity contribution in [3.63, 3.8) is 0 Å². The third-order valence-corrected chi connectivity index (χ3v) is 3.65. The molecule has 0 unspecified atom stereocenters. The summed E-state index contributed by atoms with van der Waals surface area (Å²) < 4.78 is 0.953. The minimum Gasteiger partial charge on any atom is -0.477 e. The Kier molecular flexibility index (Phi) is 4.18. The number of carboxylic acids is 1. The first-order valence-electron chi connectivity index (χ1n) is 5.65. The average molecular weight is 273 g/mol. The van der Waals surface area contributed by atoms with Gasteiger partial charge in [0, 0.05) is 21.5 Å². The van der Waals surface area contributed by atoms with E-state index in [0.29, 0.717) is 17.8 Å². The molecule has 0 aliphatic heterocycles. The van der Waals surface area contributed by atoms with E-state index in [1.807, 2.05) is 30.4 Å². The number of carbonyl (C=O) groups is 1. The Hall–Kier alpha value is -2.30. The Balaban J connectivity index is 2.27. The summed E-state index contributed by atoms with van der Waals surface area (Å²) >= 11 is 1.27. The Morgan fingerprint density at radius 1 is 1.53 bits per heavy atom. The van der Waals surface area contributed by atoms with Gasteiger partial charge in [-0.1, -0.05) is 29.4 Å². The number of rotatable bonds is 5. The second-order valence-electron chi connectivity index (χ2n) is 3.82. The molecular formula is C13H11N3O2S. The number of nitrogens with zero attached hydrogens (tertiary/aromatic N) is 3. The van der Waals surface area contributed by atoms with E-state index in [-0.39, 0.29) is 0 Å². The molecule has 0 saturated carbocycles. The molecule has 96 valence electrons. The van der Waals surface area contributed by atoms with Crippen LogP contribution < -0.4 is 0 Å². The van der Waals surface area contributed by atoms with E-state index in [2.05, 4.69) is 10.0 Å². The van der Waals surface area contributed by atoms with Crippen LogP contribution in [-0.4, -0.2) is 17.6 Å². The summed E-state index contributed by atoms with van der Waals surface area (Å²) in [5.74, 6) is -0.903. The largest absolute Gasteiger partial charge is 0.477 e. The predicted molar refractivity (Wildman–Crippen MR) is 76.4 cm³/mol. The highest BCUT2D eigenvalue weighted by molar-refractivity contribution is 7.20. The van der Waals surface area contributed by atoms with Crippen LogP contribution in [0.4, 0.5) is 0 Å². The van der Waals surface area contributed by atoms with Crippen LogP contribution in [-0.2, 0) is 0 Å². The van der Waals surface area contributed by atoms with E-state index >= 15 is 0 Å². The van der Waals surface area contributed by atoms with Gasteiger partial charge in [-0.2, -0.15) is 0 Å². The van der Waals surface area contributed by atoms with Crippen molar-refractivity contribution in [3.05, 3.63) is 51.2 Å². The van der Waals surface area contributed by atoms with Gasteiger partial charge in [0.25, 0.3) is 0 Å². The van der Waals surface area contributed by atoms with Gasteiger partial charge in [0.2, 0.25) is 0 Å². The molecule has 1 N–H and O–H groups in total. The van der Waals surface area contributed by atoms with Crippen molar-refractivity contribution in [2.45, 2.75) is 6.42 Å².